The number of rotatable bonds is 3. The Hall–Kier alpha value is -0.640. The third kappa shape index (κ3) is 3.62. The number of nitrogens with two attached hydrogens (primary N) is 1. The summed E-state index contributed by atoms with van der Waals surface area (Å²) in [5.41, 5.74) is 5.28. The first kappa shape index (κ1) is 11.4. The smallest absolute Gasteiger partial charge is 0.227 e. The zero-order valence-corrected chi connectivity index (χ0v) is 9.45. The summed E-state index contributed by atoms with van der Waals surface area (Å²) in [5, 5.41) is 3.02. The van der Waals surface area contributed by atoms with E-state index >= 15 is 0 Å². The second kappa shape index (κ2) is 4.73. The van der Waals surface area contributed by atoms with Crippen molar-refractivity contribution >= 4 is 23.1 Å². The SMILES string of the molecule is CC1(NC(=O)CC(N)=S)CCCCC1. The summed E-state index contributed by atoms with van der Waals surface area (Å²) < 4.78 is 0. The molecule has 1 aliphatic carbocycles. The second-order valence-corrected chi connectivity index (χ2v) is 4.84. The fourth-order valence-electron chi connectivity index (χ4n) is 2.00. The lowest BCUT2D eigenvalue weighted by Crippen LogP contribution is -2.47. The number of amides is 1. The molecule has 0 aromatic heterocycles. The molecule has 1 aliphatic rings. The van der Waals surface area contributed by atoms with E-state index in [1.54, 1.807) is 0 Å². The molecule has 1 amide bonds. The highest BCUT2D eigenvalue weighted by atomic mass is 32.1. The molecule has 0 spiro atoms. The predicted molar refractivity (Wildman–Crippen MR) is 61.0 cm³/mol. The summed E-state index contributed by atoms with van der Waals surface area (Å²) in [6.45, 7) is 2.10. The number of carbonyl (C=O) groups excluding carboxylic acids is 1. The third-order valence-electron chi connectivity index (χ3n) is 2.73. The lowest BCUT2D eigenvalue weighted by atomic mass is 9.83. The minimum atomic E-state index is -0.0399. The molecule has 0 atom stereocenters. The van der Waals surface area contributed by atoms with Gasteiger partial charge in [-0.05, 0) is 19.8 Å². The molecule has 0 bridgehead atoms. The Kier molecular flexibility index (Phi) is 3.86. The number of carbonyl (C=O) groups is 1. The maximum Gasteiger partial charge on any atom is 0.227 e. The Labute approximate surface area is 90.4 Å². The molecule has 0 saturated heterocycles. The summed E-state index contributed by atoms with van der Waals surface area (Å²) in [4.78, 5) is 11.7. The predicted octanol–water partition coefficient (Wildman–Crippen LogP) is 1.50. The van der Waals surface area contributed by atoms with Crippen molar-refractivity contribution in [2.45, 2.75) is 51.0 Å². The molecule has 80 valence electrons. The third-order valence-corrected chi connectivity index (χ3v) is 2.88. The van der Waals surface area contributed by atoms with Crippen molar-refractivity contribution < 1.29 is 4.79 Å². The highest BCUT2D eigenvalue weighted by Crippen LogP contribution is 2.27. The average molecular weight is 214 g/mol. The summed E-state index contributed by atoms with van der Waals surface area (Å²) in [6.07, 6.45) is 5.98. The maximum absolute atomic E-state index is 11.4. The number of hydrogen-bond donors (Lipinski definition) is 2. The van der Waals surface area contributed by atoms with E-state index < -0.39 is 0 Å². The fourth-order valence-corrected chi connectivity index (χ4v) is 2.13. The minimum absolute atomic E-state index is 0.0277. The molecule has 0 aromatic rings. The largest absolute Gasteiger partial charge is 0.393 e. The molecular formula is C10H18N2OS. The van der Waals surface area contributed by atoms with E-state index in [9.17, 15) is 4.79 Å². The van der Waals surface area contributed by atoms with Crippen LogP contribution in [0.4, 0.5) is 0 Å². The van der Waals surface area contributed by atoms with E-state index in [2.05, 4.69) is 12.2 Å². The molecule has 3 nitrogen and oxygen atoms in total. The van der Waals surface area contributed by atoms with Gasteiger partial charge in [0.1, 0.15) is 0 Å². The summed E-state index contributed by atoms with van der Waals surface area (Å²) in [6, 6.07) is 0. The van der Waals surface area contributed by atoms with Gasteiger partial charge in [-0.25, -0.2) is 0 Å². The van der Waals surface area contributed by atoms with Crippen molar-refractivity contribution in [3.8, 4) is 0 Å². The number of thiocarbonyl (C=S) groups is 1. The van der Waals surface area contributed by atoms with Crippen molar-refractivity contribution in [1.82, 2.24) is 5.32 Å². The molecule has 4 heteroatoms. The molecule has 1 saturated carbocycles. The van der Waals surface area contributed by atoms with E-state index in [4.69, 9.17) is 18.0 Å². The maximum atomic E-state index is 11.4. The molecule has 3 N–H and O–H groups in total. The second-order valence-electron chi connectivity index (χ2n) is 4.31. The minimum Gasteiger partial charge on any atom is -0.393 e. The molecule has 1 fully saturated rings. The molecule has 0 unspecified atom stereocenters. The molecule has 1 rings (SSSR count). The number of hydrogen-bond acceptors (Lipinski definition) is 2. The normalized spacial score (nSPS) is 20.1. The Bertz CT molecular complexity index is 234. The monoisotopic (exact) mass is 214 g/mol. The van der Waals surface area contributed by atoms with E-state index in [0.717, 1.165) is 12.8 Å². The van der Waals surface area contributed by atoms with Gasteiger partial charge in [0.15, 0.2) is 0 Å². The van der Waals surface area contributed by atoms with Crippen molar-refractivity contribution in [3.05, 3.63) is 0 Å². The first-order chi connectivity index (χ1) is 6.52. The van der Waals surface area contributed by atoms with Crippen LogP contribution in [0.25, 0.3) is 0 Å². The fraction of sp³-hybridized carbons (Fsp3) is 0.800. The van der Waals surface area contributed by atoms with Gasteiger partial charge in [0, 0.05) is 5.54 Å². The first-order valence-electron chi connectivity index (χ1n) is 5.11. The molecule has 0 aromatic carbocycles. The van der Waals surface area contributed by atoms with Crippen LogP contribution >= 0.6 is 12.2 Å². The highest BCUT2D eigenvalue weighted by molar-refractivity contribution is 7.80. The topological polar surface area (TPSA) is 55.1 Å². The van der Waals surface area contributed by atoms with Crippen LogP contribution in [-0.2, 0) is 4.79 Å². The Balaban J connectivity index is 2.41. The Morgan fingerprint density at radius 1 is 1.43 bits per heavy atom. The van der Waals surface area contributed by atoms with E-state index in [0.29, 0.717) is 0 Å². The van der Waals surface area contributed by atoms with Gasteiger partial charge in [-0.3, -0.25) is 4.79 Å². The van der Waals surface area contributed by atoms with E-state index in [1.165, 1.54) is 19.3 Å². The lowest BCUT2D eigenvalue weighted by molar-refractivity contribution is -0.122. The van der Waals surface area contributed by atoms with Gasteiger partial charge < -0.3 is 11.1 Å². The van der Waals surface area contributed by atoms with Crippen LogP contribution in [0.15, 0.2) is 0 Å². The Morgan fingerprint density at radius 2 is 2.00 bits per heavy atom. The summed E-state index contributed by atoms with van der Waals surface area (Å²) >= 11 is 4.69. The van der Waals surface area contributed by atoms with Crippen LogP contribution in [0.2, 0.25) is 0 Å². The molecule has 0 heterocycles. The van der Waals surface area contributed by atoms with Gasteiger partial charge in [0.2, 0.25) is 5.91 Å². The van der Waals surface area contributed by atoms with Crippen molar-refractivity contribution in [2.24, 2.45) is 5.73 Å². The van der Waals surface area contributed by atoms with Gasteiger partial charge in [-0.2, -0.15) is 0 Å². The summed E-state index contributed by atoms with van der Waals surface area (Å²) in [5.74, 6) is -0.0399. The molecular weight excluding hydrogens is 196 g/mol. The van der Waals surface area contributed by atoms with Crippen molar-refractivity contribution in [3.63, 3.8) is 0 Å². The molecule has 0 aliphatic heterocycles. The van der Waals surface area contributed by atoms with E-state index in [-0.39, 0.29) is 22.9 Å². The lowest BCUT2D eigenvalue weighted by Gasteiger charge is -2.34. The van der Waals surface area contributed by atoms with Gasteiger partial charge in [-0.15, -0.1) is 0 Å². The standard InChI is InChI=1S/C10H18N2OS/c1-10(5-3-2-4-6-10)12-9(13)7-8(11)14/h2-7H2,1H3,(H2,11,14)(H,12,13). The highest BCUT2D eigenvalue weighted by Gasteiger charge is 2.28. The zero-order chi connectivity index (χ0) is 10.6. The number of nitrogens with one attached hydrogen (secondary N) is 1. The summed E-state index contributed by atoms with van der Waals surface area (Å²) in [7, 11) is 0. The van der Waals surface area contributed by atoms with Crippen LogP contribution < -0.4 is 11.1 Å². The molecule has 0 radical (unpaired) electrons. The first-order valence-corrected chi connectivity index (χ1v) is 5.52. The zero-order valence-electron chi connectivity index (χ0n) is 8.64. The van der Waals surface area contributed by atoms with Crippen LogP contribution in [0, 0.1) is 0 Å². The van der Waals surface area contributed by atoms with Crippen LogP contribution in [-0.4, -0.2) is 16.4 Å². The van der Waals surface area contributed by atoms with Crippen LogP contribution in [0.3, 0.4) is 0 Å². The Morgan fingerprint density at radius 3 is 2.50 bits per heavy atom. The van der Waals surface area contributed by atoms with Gasteiger partial charge in [-0.1, -0.05) is 31.5 Å². The van der Waals surface area contributed by atoms with E-state index in [1.807, 2.05) is 0 Å². The quantitative estimate of drug-likeness (QED) is 0.700. The van der Waals surface area contributed by atoms with Crippen LogP contribution in [0.5, 0.6) is 0 Å². The average Bonchev–Trinajstić information content (AvgIpc) is 2.02. The van der Waals surface area contributed by atoms with Gasteiger partial charge in [0.25, 0.3) is 0 Å². The van der Waals surface area contributed by atoms with Crippen LogP contribution in [0.1, 0.15) is 45.4 Å². The van der Waals surface area contributed by atoms with Gasteiger partial charge >= 0.3 is 0 Å². The molecule has 14 heavy (non-hydrogen) atoms. The van der Waals surface area contributed by atoms with Crippen molar-refractivity contribution in [2.75, 3.05) is 0 Å². The van der Waals surface area contributed by atoms with Gasteiger partial charge in [0.05, 0.1) is 11.4 Å². The van der Waals surface area contributed by atoms with Crippen molar-refractivity contribution in [1.29, 1.82) is 0 Å².